The molecule has 0 aromatic carbocycles. The standard InChI is InChI=1S/C10H15ClN2O/c1-7(2)8-3-10(14)13(5-8)6-9(11)4-12/h7-9H,3,5-6H2,1-2H3. The molecule has 0 spiro atoms. The topological polar surface area (TPSA) is 44.1 Å². The van der Waals surface area contributed by atoms with Gasteiger partial charge in [0.1, 0.15) is 5.38 Å². The number of nitrogens with zero attached hydrogens (tertiary/aromatic N) is 2. The molecule has 0 aliphatic carbocycles. The molecular formula is C10H15ClN2O. The second kappa shape index (κ2) is 4.65. The third-order valence-electron chi connectivity index (χ3n) is 2.71. The highest BCUT2D eigenvalue weighted by molar-refractivity contribution is 6.22. The minimum atomic E-state index is -0.579. The zero-order chi connectivity index (χ0) is 10.7. The number of nitriles is 1. The fourth-order valence-electron chi connectivity index (χ4n) is 1.66. The lowest BCUT2D eigenvalue weighted by Gasteiger charge is -2.18. The number of carbonyl (C=O) groups is 1. The summed E-state index contributed by atoms with van der Waals surface area (Å²) in [5.41, 5.74) is 0. The molecule has 1 aliphatic rings. The lowest BCUT2D eigenvalue weighted by molar-refractivity contribution is -0.127. The van der Waals surface area contributed by atoms with Gasteiger partial charge in [-0.1, -0.05) is 13.8 Å². The summed E-state index contributed by atoms with van der Waals surface area (Å²) in [5, 5.41) is 7.96. The molecule has 3 nitrogen and oxygen atoms in total. The van der Waals surface area contributed by atoms with E-state index in [0.29, 0.717) is 24.8 Å². The monoisotopic (exact) mass is 214 g/mol. The third kappa shape index (κ3) is 2.62. The van der Waals surface area contributed by atoms with Crippen molar-refractivity contribution in [3.63, 3.8) is 0 Å². The summed E-state index contributed by atoms with van der Waals surface area (Å²) in [4.78, 5) is 13.2. The highest BCUT2D eigenvalue weighted by Gasteiger charge is 2.32. The van der Waals surface area contributed by atoms with Gasteiger partial charge >= 0.3 is 0 Å². The van der Waals surface area contributed by atoms with Crippen molar-refractivity contribution < 1.29 is 4.79 Å². The van der Waals surface area contributed by atoms with E-state index in [4.69, 9.17) is 16.9 Å². The molecule has 2 unspecified atom stereocenters. The van der Waals surface area contributed by atoms with Gasteiger partial charge in [-0.25, -0.2) is 0 Å². The van der Waals surface area contributed by atoms with Gasteiger partial charge in [0.15, 0.2) is 0 Å². The first-order valence-electron chi connectivity index (χ1n) is 4.86. The normalized spacial score (nSPS) is 24.1. The van der Waals surface area contributed by atoms with E-state index in [2.05, 4.69) is 13.8 Å². The van der Waals surface area contributed by atoms with Crippen LogP contribution in [-0.4, -0.2) is 29.3 Å². The average Bonchev–Trinajstić information content (AvgIpc) is 2.48. The molecule has 0 bridgehead atoms. The van der Waals surface area contributed by atoms with Crippen LogP contribution in [0.1, 0.15) is 20.3 Å². The van der Waals surface area contributed by atoms with Crippen LogP contribution in [0, 0.1) is 23.2 Å². The first-order chi connectivity index (χ1) is 6.54. The molecule has 0 aromatic rings. The van der Waals surface area contributed by atoms with Gasteiger partial charge in [0.05, 0.1) is 12.6 Å². The Labute approximate surface area is 89.6 Å². The maximum absolute atomic E-state index is 11.5. The largest absolute Gasteiger partial charge is 0.340 e. The van der Waals surface area contributed by atoms with E-state index in [0.717, 1.165) is 6.54 Å². The Morgan fingerprint density at radius 2 is 2.36 bits per heavy atom. The van der Waals surface area contributed by atoms with Crippen LogP contribution >= 0.6 is 11.6 Å². The van der Waals surface area contributed by atoms with Crippen molar-refractivity contribution in [1.29, 1.82) is 5.26 Å². The Morgan fingerprint density at radius 1 is 1.71 bits per heavy atom. The number of likely N-dealkylation sites (tertiary alicyclic amines) is 1. The van der Waals surface area contributed by atoms with Gasteiger partial charge in [-0.05, 0) is 11.8 Å². The first-order valence-corrected chi connectivity index (χ1v) is 5.29. The van der Waals surface area contributed by atoms with Crippen molar-refractivity contribution in [2.75, 3.05) is 13.1 Å². The van der Waals surface area contributed by atoms with Gasteiger partial charge < -0.3 is 4.90 Å². The number of alkyl halides is 1. The molecule has 78 valence electrons. The quantitative estimate of drug-likeness (QED) is 0.671. The Hall–Kier alpha value is -0.750. The predicted octanol–water partition coefficient (Wildman–Crippen LogP) is 1.62. The molecular weight excluding hydrogens is 200 g/mol. The van der Waals surface area contributed by atoms with Crippen molar-refractivity contribution in [3.8, 4) is 6.07 Å². The Bertz CT molecular complexity index is 259. The minimum absolute atomic E-state index is 0.129. The summed E-state index contributed by atoms with van der Waals surface area (Å²) >= 11 is 5.68. The average molecular weight is 215 g/mol. The van der Waals surface area contributed by atoms with E-state index in [9.17, 15) is 4.79 Å². The lowest BCUT2D eigenvalue weighted by Crippen LogP contribution is -2.31. The molecule has 1 heterocycles. The summed E-state index contributed by atoms with van der Waals surface area (Å²) in [5.74, 6) is 1.06. The summed E-state index contributed by atoms with van der Waals surface area (Å²) in [6.45, 7) is 5.34. The number of halogens is 1. The van der Waals surface area contributed by atoms with Crippen LogP contribution in [0.4, 0.5) is 0 Å². The van der Waals surface area contributed by atoms with Gasteiger partial charge in [-0.2, -0.15) is 5.26 Å². The van der Waals surface area contributed by atoms with Crippen molar-refractivity contribution in [2.45, 2.75) is 25.6 Å². The van der Waals surface area contributed by atoms with Gasteiger partial charge in [0, 0.05) is 13.0 Å². The Balaban J connectivity index is 2.50. The zero-order valence-electron chi connectivity index (χ0n) is 8.53. The van der Waals surface area contributed by atoms with Crippen LogP contribution in [0.25, 0.3) is 0 Å². The number of hydrogen-bond acceptors (Lipinski definition) is 2. The lowest BCUT2D eigenvalue weighted by atomic mass is 9.95. The molecule has 1 amide bonds. The summed E-state index contributed by atoms with van der Waals surface area (Å²) in [7, 11) is 0. The second-order valence-corrected chi connectivity index (χ2v) is 4.63. The molecule has 0 radical (unpaired) electrons. The Morgan fingerprint density at radius 3 is 2.79 bits per heavy atom. The Kier molecular flexibility index (Phi) is 3.77. The van der Waals surface area contributed by atoms with Gasteiger partial charge in [-0.3, -0.25) is 4.79 Å². The van der Waals surface area contributed by atoms with Gasteiger partial charge in [-0.15, -0.1) is 11.6 Å². The molecule has 1 aliphatic heterocycles. The van der Waals surface area contributed by atoms with E-state index in [-0.39, 0.29) is 5.91 Å². The van der Waals surface area contributed by atoms with E-state index in [1.165, 1.54) is 0 Å². The first kappa shape index (κ1) is 11.3. The molecule has 2 atom stereocenters. The molecule has 1 saturated heterocycles. The maximum atomic E-state index is 11.5. The molecule has 0 N–H and O–H groups in total. The van der Waals surface area contributed by atoms with Gasteiger partial charge in [0.2, 0.25) is 5.91 Å². The van der Waals surface area contributed by atoms with Crippen LogP contribution in [-0.2, 0) is 4.79 Å². The summed E-state index contributed by atoms with van der Waals surface area (Å²) < 4.78 is 0. The van der Waals surface area contributed by atoms with Crippen molar-refractivity contribution in [2.24, 2.45) is 11.8 Å². The SMILES string of the molecule is CC(C)C1CC(=O)N(CC(Cl)C#N)C1. The predicted molar refractivity (Wildman–Crippen MR) is 54.8 cm³/mol. The van der Waals surface area contributed by atoms with Crippen LogP contribution in [0.3, 0.4) is 0 Å². The molecule has 1 fully saturated rings. The minimum Gasteiger partial charge on any atom is -0.340 e. The molecule has 4 heteroatoms. The fourth-order valence-corrected chi connectivity index (χ4v) is 1.83. The van der Waals surface area contributed by atoms with Crippen molar-refractivity contribution in [1.82, 2.24) is 4.90 Å². The van der Waals surface area contributed by atoms with E-state index in [1.54, 1.807) is 4.90 Å². The summed E-state index contributed by atoms with van der Waals surface area (Å²) in [6, 6.07) is 1.93. The van der Waals surface area contributed by atoms with E-state index < -0.39 is 5.38 Å². The number of hydrogen-bond donors (Lipinski definition) is 0. The van der Waals surface area contributed by atoms with E-state index in [1.807, 2.05) is 6.07 Å². The van der Waals surface area contributed by atoms with Crippen LogP contribution in [0.15, 0.2) is 0 Å². The van der Waals surface area contributed by atoms with Gasteiger partial charge in [0.25, 0.3) is 0 Å². The van der Waals surface area contributed by atoms with Crippen molar-refractivity contribution >= 4 is 17.5 Å². The summed E-state index contributed by atoms with van der Waals surface area (Å²) in [6.07, 6.45) is 0.604. The number of carbonyl (C=O) groups excluding carboxylic acids is 1. The maximum Gasteiger partial charge on any atom is 0.223 e. The highest BCUT2D eigenvalue weighted by atomic mass is 35.5. The van der Waals surface area contributed by atoms with Crippen LogP contribution in [0.5, 0.6) is 0 Å². The number of amides is 1. The third-order valence-corrected chi connectivity index (χ3v) is 2.94. The van der Waals surface area contributed by atoms with Crippen LogP contribution in [0.2, 0.25) is 0 Å². The van der Waals surface area contributed by atoms with Crippen LogP contribution < -0.4 is 0 Å². The highest BCUT2D eigenvalue weighted by Crippen LogP contribution is 2.25. The molecule has 0 saturated carbocycles. The molecule has 14 heavy (non-hydrogen) atoms. The van der Waals surface area contributed by atoms with Crippen molar-refractivity contribution in [3.05, 3.63) is 0 Å². The van der Waals surface area contributed by atoms with E-state index >= 15 is 0 Å². The molecule has 1 rings (SSSR count). The molecule has 0 aromatic heterocycles. The smallest absolute Gasteiger partial charge is 0.223 e. The zero-order valence-corrected chi connectivity index (χ0v) is 9.29. The number of rotatable bonds is 3. The second-order valence-electron chi connectivity index (χ2n) is 4.10. The fraction of sp³-hybridized carbons (Fsp3) is 0.800.